The number of hydrogen-bond donors (Lipinski definition) is 1. The molecule has 0 saturated heterocycles. The van der Waals surface area contributed by atoms with Crippen molar-refractivity contribution in [2.45, 2.75) is 31.7 Å². The number of carbonyl (C=O) groups is 2. The van der Waals surface area contributed by atoms with Crippen LogP contribution in [-0.4, -0.2) is 17.7 Å². The molecule has 0 heterocycles. The van der Waals surface area contributed by atoms with Crippen LogP contribution in [0.3, 0.4) is 0 Å². The maximum atomic E-state index is 13.4. The molecule has 0 aromatic heterocycles. The minimum absolute atomic E-state index is 0.141. The fourth-order valence-corrected chi connectivity index (χ4v) is 2.03. The van der Waals surface area contributed by atoms with E-state index in [1.807, 2.05) is 0 Å². The number of rotatable bonds is 2. The molecule has 5 heteroatoms. The van der Waals surface area contributed by atoms with E-state index in [1.165, 1.54) is 12.1 Å². The minimum atomic E-state index is -1.14. The van der Waals surface area contributed by atoms with Gasteiger partial charge in [0.15, 0.2) is 11.6 Å². The van der Waals surface area contributed by atoms with Gasteiger partial charge in [0.05, 0.1) is 5.56 Å². The van der Waals surface area contributed by atoms with Crippen molar-refractivity contribution < 1.29 is 18.4 Å². The summed E-state index contributed by atoms with van der Waals surface area (Å²) in [5.74, 6) is -2.63. The van der Waals surface area contributed by atoms with Crippen molar-refractivity contribution in [3.8, 4) is 0 Å². The number of halogens is 2. The molecule has 0 spiro atoms. The Morgan fingerprint density at radius 2 is 1.89 bits per heavy atom. The molecule has 2 rings (SSSR count). The van der Waals surface area contributed by atoms with Gasteiger partial charge in [-0.15, -0.1) is 0 Å². The summed E-state index contributed by atoms with van der Waals surface area (Å²) in [7, 11) is 0. The molecule has 1 aromatic rings. The number of ketones is 1. The van der Waals surface area contributed by atoms with Crippen molar-refractivity contribution in [3.05, 3.63) is 35.4 Å². The Labute approximate surface area is 103 Å². The molecular weight excluding hydrogens is 240 g/mol. The van der Waals surface area contributed by atoms with Gasteiger partial charge >= 0.3 is 0 Å². The van der Waals surface area contributed by atoms with Crippen LogP contribution >= 0.6 is 0 Å². The lowest BCUT2D eigenvalue weighted by molar-refractivity contribution is -0.120. The quantitative estimate of drug-likeness (QED) is 0.878. The number of nitrogens with one attached hydrogen (secondary N) is 1. The van der Waals surface area contributed by atoms with Crippen LogP contribution in [0.15, 0.2) is 18.2 Å². The second-order valence-electron chi connectivity index (χ2n) is 4.39. The molecule has 0 atom stereocenters. The molecule has 1 saturated carbocycles. The van der Waals surface area contributed by atoms with Crippen LogP contribution in [0, 0.1) is 11.6 Å². The SMILES string of the molecule is O=C1CCC(NC(=O)c2cccc(F)c2F)CC1. The topological polar surface area (TPSA) is 46.2 Å². The van der Waals surface area contributed by atoms with E-state index in [4.69, 9.17) is 0 Å². The number of carbonyl (C=O) groups excluding carboxylic acids is 2. The zero-order chi connectivity index (χ0) is 13.1. The Hall–Kier alpha value is -1.78. The Morgan fingerprint density at radius 1 is 1.22 bits per heavy atom. The lowest BCUT2D eigenvalue weighted by Gasteiger charge is -2.22. The first-order valence-electron chi connectivity index (χ1n) is 5.84. The summed E-state index contributed by atoms with van der Waals surface area (Å²) in [6, 6.07) is 3.35. The van der Waals surface area contributed by atoms with Gasteiger partial charge in [0, 0.05) is 18.9 Å². The lowest BCUT2D eigenvalue weighted by Crippen LogP contribution is -2.38. The molecule has 1 aliphatic rings. The van der Waals surface area contributed by atoms with Crippen molar-refractivity contribution >= 4 is 11.7 Å². The summed E-state index contributed by atoms with van der Waals surface area (Å²) in [6.45, 7) is 0. The van der Waals surface area contributed by atoms with E-state index in [0.29, 0.717) is 25.7 Å². The zero-order valence-electron chi connectivity index (χ0n) is 9.71. The molecular formula is C13H13F2NO2. The van der Waals surface area contributed by atoms with Crippen LogP contribution in [0.25, 0.3) is 0 Å². The van der Waals surface area contributed by atoms with E-state index in [0.717, 1.165) is 6.07 Å². The van der Waals surface area contributed by atoms with Gasteiger partial charge in [-0.1, -0.05) is 6.07 Å². The van der Waals surface area contributed by atoms with E-state index >= 15 is 0 Å². The summed E-state index contributed by atoms with van der Waals surface area (Å²) >= 11 is 0. The van der Waals surface area contributed by atoms with Gasteiger partial charge < -0.3 is 5.32 Å². The van der Waals surface area contributed by atoms with E-state index < -0.39 is 17.5 Å². The lowest BCUT2D eigenvalue weighted by atomic mass is 9.94. The van der Waals surface area contributed by atoms with Gasteiger partial charge in [-0.2, -0.15) is 0 Å². The van der Waals surface area contributed by atoms with Crippen molar-refractivity contribution in [2.75, 3.05) is 0 Å². The highest BCUT2D eigenvalue weighted by Crippen LogP contribution is 2.16. The van der Waals surface area contributed by atoms with Gasteiger partial charge in [-0.05, 0) is 25.0 Å². The average Bonchev–Trinajstić information content (AvgIpc) is 2.35. The molecule has 1 amide bonds. The highest BCUT2D eigenvalue weighted by Gasteiger charge is 2.22. The fraction of sp³-hybridized carbons (Fsp3) is 0.385. The molecule has 18 heavy (non-hydrogen) atoms. The van der Waals surface area contributed by atoms with Gasteiger partial charge in [0.25, 0.3) is 5.91 Å². The van der Waals surface area contributed by atoms with Crippen molar-refractivity contribution in [1.82, 2.24) is 5.32 Å². The van der Waals surface area contributed by atoms with Crippen LogP contribution in [0.4, 0.5) is 8.78 Å². The van der Waals surface area contributed by atoms with Crippen molar-refractivity contribution in [3.63, 3.8) is 0 Å². The van der Waals surface area contributed by atoms with Crippen LogP contribution in [0.2, 0.25) is 0 Å². The molecule has 0 bridgehead atoms. The molecule has 96 valence electrons. The zero-order valence-corrected chi connectivity index (χ0v) is 9.71. The molecule has 0 aliphatic heterocycles. The van der Waals surface area contributed by atoms with Crippen LogP contribution in [0.5, 0.6) is 0 Å². The molecule has 0 radical (unpaired) electrons. The predicted molar refractivity (Wildman–Crippen MR) is 61.1 cm³/mol. The third-order valence-corrected chi connectivity index (χ3v) is 3.07. The number of amides is 1. The molecule has 1 fully saturated rings. The van der Waals surface area contributed by atoms with Crippen LogP contribution in [-0.2, 0) is 4.79 Å². The van der Waals surface area contributed by atoms with Crippen molar-refractivity contribution in [1.29, 1.82) is 0 Å². The minimum Gasteiger partial charge on any atom is -0.349 e. The maximum Gasteiger partial charge on any atom is 0.254 e. The summed E-state index contributed by atoms with van der Waals surface area (Å²) in [4.78, 5) is 22.8. The Balaban J connectivity index is 2.03. The third-order valence-electron chi connectivity index (χ3n) is 3.07. The molecule has 0 unspecified atom stereocenters. The summed E-state index contributed by atoms with van der Waals surface area (Å²) < 4.78 is 26.3. The largest absolute Gasteiger partial charge is 0.349 e. The predicted octanol–water partition coefficient (Wildman–Crippen LogP) is 2.21. The highest BCUT2D eigenvalue weighted by atomic mass is 19.2. The summed E-state index contributed by atoms with van der Waals surface area (Å²) in [5, 5.41) is 2.63. The van der Waals surface area contributed by atoms with E-state index in [1.54, 1.807) is 0 Å². The Bertz CT molecular complexity index is 478. The first-order valence-corrected chi connectivity index (χ1v) is 5.84. The van der Waals surface area contributed by atoms with Gasteiger partial charge in [0.1, 0.15) is 5.78 Å². The average molecular weight is 253 g/mol. The number of Topliss-reactive ketones (excluding diaryl/α,β-unsaturated/α-hetero) is 1. The van der Waals surface area contributed by atoms with Crippen LogP contribution < -0.4 is 5.32 Å². The molecule has 1 aromatic carbocycles. The van der Waals surface area contributed by atoms with Gasteiger partial charge in [-0.3, -0.25) is 9.59 Å². The number of benzene rings is 1. The Kier molecular flexibility index (Phi) is 3.69. The van der Waals surface area contributed by atoms with E-state index in [2.05, 4.69) is 5.32 Å². The third kappa shape index (κ3) is 2.72. The second-order valence-corrected chi connectivity index (χ2v) is 4.39. The summed E-state index contributed by atoms with van der Waals surface area (Å²) in [6.07, 6.45) is 1.97. The molecule has 3 nitrogen and oxygen atoms in total. The van der Waals surface area contributed by atoms with Crippen molar-refractivity contribution in [2.24, 2.45) is 0 Å². The van der Waals surface area contributed by atoms with E-state index in [9.17, 15) is 18.4 Å². The fourth-order valence-electron chi connectivity index (χ4n) is 2.03. The standard InChI is InChI=1S/C13H13F2NO2/c14-11-3-1-2-10(12(11)15)13(18)16-8-4-6-9(17)7-5-8/h1-3,8H,4-7H2,(H,16,18). The normalized spacial score (nSPS) is 16.7. The first-order chi connectivity index (χ1) is 8.58. The smallest absolute Gasteiger partial charge is 0.254 e. The molecule has 1 aliphatic carbocycles. The highest BCUT2D eigenvalue weighted by molar-refractivity contribution is 5.94. The Morgan fingerprint density at radius 3 is 2.56 bits per heavy atom. The second kappa shape index (κ2) is 5.25. The first kappa shape index (κ1) is 12.7. The van der Waals surface area contributed by atoms with Gasteiger partial charge in [-0.25, -0.2) is 8.78 Å². The number of hydrogen-bond acceptors (Lipinski definition) is 2. The van der Waals surface area contributed by atoms with E-state index in [-0.39, 0.29) is 17.4 Å². The molecule has 1 N–H and O–H groups in total. The van der Waals surface area contributed by atoms with Gasteiger partial charge in [0.2, 0.25) is 0 Å². The maximum absolute atomic E-state index is 13.4. The summed E-state index contributed by atoms with van der Waals surface area (Å²) in [5.41, 5.74) is -0.299. The van der Waals surface area contributed by atoms with Crippen LogP contribution in [0.1, 0.15) is 36.0 Å². The monoisotopic (exact) mass is 253 g/mol.